The molecule has 0 N–H and O–H groups in total. The summed E-state index contributed by atoms with van der Waals surface area (Å²) in [5.41, 5.74) is 0. The number of carbonyl (C=O) groups is 2. The van der Waals surface area contributed by atoms with Gasteiger partial charge in [0.1, 0.15) is 0 Å². The van der Waals surface area contributed by atoms with Crippen LogP contribution in [-0.4, -0.2) is 22.1 Å². The van der Waals surface area contributed by atoms with E-state index in [1.807, 2.05) is 95.7 Å². The van der Waals surface area contributed by atoms with Crippen molar-refractivity contribution in [1.82, 2.24) is 0 Å². The molecule has 2 heterocycles. The molecule has 2 atom stereocenters. The van der Waals surface area contributed by atoms with Gasteiger partial charge in [-0.25, -0.2) is 0 Å². The SMILES string of the molecule is O=C(c1cccs1)C(Sc1ccccc1)C(Sc1ccccc1)C(=O)c1cccs1. The van der Waals surface area contributed by atoms with Crippen molar-refractivity contribution >= 4 is 57.8 Å². The van der Waals surface area contributed by atoms with Gasteiger partial charge in [0.2, 0.25) is 0 Å². The molecule has 2 aromatic heterocycles. The minimum absolute atomic E-state index is 0.00260. The van der Waals surface area contributed by atoms with Gasteiger partial charge in [0.05, 0.1) is 20.3 Å². The van der Waals surface area contributed by atoms with Gasteiger partial charge >= 0.3 is 0 Å². The predicted molar refractivity (Wildman–Crippen MR) is 129 cm³/mol. The van der Waals surface area contributed by atoms with Crippen LogP contribution in [0.5, 0.6) is 0 Å². The van der Waals surface area contributed by atoms with Gasteiger partial charge in [0.15, 0.2) is 11.6 Å². The molecular formula is C24H18O2S4. The highest BCUT2D eigenvalue weighted by Gasteiger charge is 2.37. The van der Waals surface area contributed by atoms with Crippen LogP contribution in [0, 0.1) is 0 Å². The number of benzene rings is 2. The molecule has 6 heteroatoms. The molecule has 0 radical (unpaired) electrons. The van der Waals surface area contributed by atoms with Crippen molar-refractivity contribution < 1.29 is 9.59 Å². The average Bonchev–Trinajstić information content (AvgIpc) is 3.51. The molecule has 150 valence electrons. The summed E-state index contributed by atoms with van der Waals surface area (Å²) in [5.74, 6) is -0.00520. The Kier molecular flexibility index (Phi) is 7.23. The van der Waals surface area contributed by atoms with E-state index in [-0.39, 0.29) is 11.6 Å². The third kappa shape index (κ3) is 5.13. The second-order valence-electron chi connectivity index (χ2n) is 6.39. The molecular weight excluding hydrogens is 449 g/mol. The molecule has 0 saturated carbocycles. The topological polar surface area (TPSA) is 34.1 Å². The van der Waals surface area contributed by atoms with E-state index in [0.29, 0.717) is 9.75 Å². The summed E-state index contributed by atoms with van der Waals surface area (Å²) in [4.78, 5) is 30.4. The fourth-order valence-corrected chi connectivity index (χ4v) is 6.98. The van der Waals surface area contributed by atoms with Gasteiger partial charge in [-0.2, -0.15) is 0 Å². The van der Waals surface area contributed by atoms with E-state index in [1.165, 1.54) is 46.2 Å². The monoisotopic (exact) mass is 466 g/mol. The summed E-state index contributed by atoms with van der Waals surface area (Å²) in [6.07, 6.45) is 0. The molecule has 2 nitrogen and oxygen atoms in total. The first-order valence-corrected chi connectivity index (χ1v) is 12.8. The van der Waals surface area contributed by atoms with Gasteiger partial charge in [-0.1, -0.05) is 48.5 Å². The van der Waals surface area contributed by atoms with Gasteiger partial charge in [-0.05, 0) is 47.2 Å². The van der Waals surface area contributed by atoms with Crippen LogP contribution in [-0.2, 0) is 0 Å². The summed E-state index contributed by atoms with van der Waals surface area (Å²) in [7, 11) is 0. The zero-order valence-electron chi connectivity index (χ0n) is 15.8. The molecule has 2 unspecified atom stereocenters. The van der Waals surface area contributed by atoms with Crippen molar-refractivity contribution in [2.75, 3.05) is 0 Å². The molecule has 0 fully saturated rings. The molecule has 0 amide bonds. The Hall–Kier alpha value is -2.12. The lowest BCUT2D eigenvalue weighted by Crippen LogP contribution is -2.35. The summed E-state index contributed by atoms with van der Waals surface area (Å²) >= 11 is 5.78. The van der Waals surface area contributed by atoms with Crippen LogP contribution in [0.1, 0.15) is 19.3 Å². The molecule has 4 aromatic rings. The highest BCUT2D eigenvalue weighted by molar-refractivity contribution is 8.04. The van der Waals surface area contributed by atoms with Crippen molar-refractivity contribution in [1.29, 1.82) is 0 Å². The number of Topliss-reactive ketones (excluding diaryl/α,β-unsaturated/α-hetero) is 2. The number of carbonyl (C=O) groups excluding carboxylic acids is 2. The van der Waals surface area contributed by atoms with E-state index in [2.05, 4.69) is 0 Å². The van der Waals surface area contributed by atoms with Crippen LogP contribution in [0.15, 0.2) is 105 Å². The summed E-state index contributed by atoms with van der Waals surface area (Å²) in [6.45, 7) is 0. The van der Waals surface area contributed by atoms with E-state index in [1.54, 1.807) is 0 Å². The van der Waals surface area contributed by atoms with Crippen LogP contribution < -0.4 is 0 Å². The number of rotatable bonds is 9. The van der Waals surface area contributed by atoms with Crippen LogP contribution in [0.4, 0.5) is 0 Å². The van der Waals surface area contributed by atoms with Crippen LogP contribution in [0.2, 0.25) is 0 Å². The van der Waals surface area contributed by atoms with Crippen LogP contribution in [0.3, 0.4) is 0 Å². The standard InChI is InChI=1S/C24H18O2S4/c25-21(19-13-7-15-27-19)23(29-17-9-3-1-4-10-17)24(22(26)20-14-8-16-28-20)30-18-11-5-2-6-12-18/h1-16,23-24H. The first kappa shape index (κ1) is 21.1. The fourth-order valence-electron chi connectivity index (χ4n) is 2.91. The third-order valence-electron chi connectivity index (χ3n) is 4.33. The van der Waals surface area contributed by atoms with E-state index >= 15 is 0 Å². The molecule has 0 saturated heterocycles. The van der Waals surface area contributed by atoms with E-state index in [0.717, 1.165) is 9.79 Å². The van der Waals surface area contributed by atoms with Crippen LogP contribution in [0.25, 0.3) is 0 Å². The minimum atomic E-state index is -0.536. The zero-order chi connectivity index (χ0) is 20.8. The lowest BCUT2D eigenvalue weighted by molar-refractivity contribution is 0.0934. The highest BCUT2D eigenvalue weighted by atomic mass is 32.2. The normalized spacial score (nSPS) is 12.9. The summed E-state index contributed by atoms with van der Waals surface area (Å²) < 4.78 is 0. The Bertz CT molecular complexity index is 985. The minimum Gasteiger partial charge on any atom is -0.292 e. The van der Waals surface area contributed by atoms with E-state index in [9.17, 15) is 9.59 Å². The Balaban J connectivity index is 1.74. The van der Waals surface area contributed by atoms with E-state index < -0.39 is 10.5 Å². The van der Waals surface area contributed by atoms with Gasteiger partial charge in [0, 0.05) is 9.79 Å². The third-order valence-corrected chi connectivity index (χ3v) is 8.84. The lowest BCUT2D eigenvalue weighted by Gasteiger charge is -2.24. The second-order valence-corrected chi connectivity index (χ2v) is 10.7. The van der Waals surface area contributed by atoms with Gasteiger partial charge in [-0.15, -0.1) is 46.2 Å². The van der Waals surface area contributed by atoms with E-state index in [4.69, 9.17) is 0 Å². The molecule has 2 aromatic carbocycles. The quantitative estimate of drug-likeness (QED) is 0.193. The molecule has 0 bridgehead atoms. The molecule has 4 rings (SSSR count). The number of thiophene rings is 2. The van der Waals surface area contributed by atoms with Gasteiger partial charge in [0.25, 0.3) is 0 Å². The van der Waals surface area contributed by atoms with Crippen molar-refractivity contribution in [2.24, 2.45) is 0 Å². The Morgan fingerprint density at radius 3 is 1.30 bits per heavy atom. The average molecular weight is 467 g/mol. The van der Waals surface area contributed by atoms with Gasteiger partial charge in [-0.3, -0.25) is 9.59 Å². The Morgan fingerprint density at radius 1 is 0.567 bits per heavy atom. The smallest absolute Gasteiger partial charge is 0.187 e. The zero-order valence-corrected chi connectivity index (χ0v) is 19.1. The Labute approximate surface area is 192 Å². The molecule has 0 spiro atoms. The molecule has 0 aliphatic heterocycles. The highest BCUT2D eigenvalue weighted by Crippen LogP contribution is 2.39. The summed E-state index contributed by atoms with van der Waals surface area (Å²) in [5, 5.41) is 2.73. The largest absolute Gasteiger partial charge is 0.292 e. The lowest BCUT2D eigenvalue weighted by atomic mass is 10.1. The molecule has 0 aliphatic rings. The maximum Gasteiger partial charge on any atom is 0.187 e. The maximum atomic E-state index is 13.5. The first-order valence-electron chi connectivity index (χ1n) is 9.31. The molecule has 30 heavy (non-hydrogen) atoms. The predicted octanol–water partition coefficient (Wildman–Crippen LogP) is 7.20. The first-order chi connectivity index (χ1) is 14.7. The fraction of sp³-hybridized carbons (Fsp3) is 0.0833. The number of hydrogen-bond donors (Lipinski definition) is 0. The summed E-state index contributed by atoms with van der Waals surface area (Å²) in [6, 6.07) is 27.1. The molecule has 0 aliphatic carbocycles. The van der Waals surface area contributed by atoms with Crippen molar-refractivity contribution in [3.8, 4) is 0 Å². The Morgan fingerprint density at radius 2 is 0.967 bits per heavy atom. The second kappa shape index (κ2) is 10.3. The number of ketones is 2. The van der Waals surface area contributed by atoms with Crippen molar-refractivity contribution in [3.63, 3.8) is 0 Å². The van der Waals surface area contributed by atoms with Crippen LogP contribution >= 0.6 is 46.2 Å². The van der Waals surface area contributed by atoms with Crippen molar-refractivity contribution in [2.45, 2.75) is 20.3 Å². The number of thioether (sulfide) groups is 2. The van der Waals surface area contributed by atoms with Gasteiger partial charge < -0.3 is 0 Å². The van der Waals surface area contributed by atoms with Crippen molar-refractivity contribution in [3.05, 3.63) is 105 Å². The number of hydrogen-bond acceptors (Lipinski definition) is 6. The maximum absolute atomic E-state index is 13.5.